The van der Waals surface area contributed by atoms with Crippen LogP contribution in [0.3, 0.4) is 0 Å². The molecule has 0 aromatic carbocycles. The third-order valence-corrected chi connectivity index (χ3v) is 0.966. The van der Waals surface area contributed by atoms with Crippen molar-refractivity contribution in [1.82, 2.24) is 0 Å². The molecular weight excluding hydrogens is 184 g/mol. The highest BCUT2D eigenvalue weighted by Gasteiger charge is 2.00. The zero-order chi connectivity index (χ0) is 11.4. The zero-order valence-corrected chi connectivity index (χ0v) is 7.69. The van der Waals surface area contributed by atoms with Gasteiger partial charge in [0.2, 0.25) is 0 Å². The number of hydrogen-bond donors (Lipinski definition) is 2. The first kappa shape index (κ1) is 14.6. The number of terminal acetylenes is 2. The van der Waals surface area contributed by atoms with E-state index in [4.69, 9.17) is 23.1 Å². The number of carboxylic acid groups (broad SMARTS) is 2. The largest absolute Gasteiger partial charge is 0.481 e. The lowest BCUT2D eigenvalue weighted by Gasteiger charge is -1.85. The summed E-state index contributed by atoms with van der Waals surface area (Å²) in [5.41, 5.74) is 0. The van der Waals surface area contributed by atoms with Crippen molar-refractivity contribution in [2.45, 2.75) is 25.7 Å². The molecule has 0 aromatic rings. The SMILES string of the molecule is C#CCCC#C.O=C(O)CCC(=O)O. The topological polar surface area (TPSA) is 74.6 Å². The van der Waals surface area contributed by atoms with Crippen LogP contribution in [0.15, 0.2) is 0 Å². The summed E-state index contributed by atoms with van der Waals surface area (Å²) in [7, 11) is 0. The van der Waals surface area contributed by atoms with Crippen LogP contribution in [0.5, 0.6) is 0 Å². The fraction of sp³-hybridized carbons (Fsp3) is 0.400. The number of unbranched alkanes of at least 4 members (excludes halogenated alkanes) is 1. The van der Waals surface area contributed by atoms with Gasteiger partial charge in [0.1, 0.15) is 0 Å². The van der Waals surface area contributed by atoms with Crippen LogP contribution in [0.1, 0.15) is 25.7 Å². The van der Waals surface area contributed by atoms with E-state index < -0.39 is 11.9 Å². The van der Waals surface area contributed by atoms with Gasteiger partial charge in [-0.05, 0) is 0 Å². The standard InChI is InChI=1S/C6H6.C4H6O4/c1-3-5-6-4-2;5-3(6)1-2-4(7)8/h1-2H,5-6H2;1-2H2,(H,5,6)(H,7,8). The van der Waals surface area contributed by atoms with Gasteiger partial charge in [-0.2, -0.15) is 0 Å². The van der Waals surface area contributed by atoms with Crippen molar-refractivity contribution >= 4 is 11.9 Å². The molecule has 0 bridgehead atoms. The number of hydrogen-bond acceptors (Lipinski definition) is 2. The van der Waals surface area contributed by atoms with E-state index in [0.717, 1.165) is 0 Å². The first-order valence-corrected chi connectivity index (χ1v) is 3.85. The third kappa shape index (κ3) is 22.5. The summed E-state index contributed by atoms with van der Waals surface area (Å²) < 4.78 is 0. The second-order valence-corrected chi connectivity index (χ2v) is 2.20. The van der Waals surface area contributed by atoms with E-state index in [-0.39, 0.29) is 12.8 Å². The Bertz CT molecular complexity index is 226. The molecular formula is C10H12O4. The molecule has 76 valence electrons. The predicted octanol–water partition coefficient (Wildman–Crippen LogP) is 0.969. The molecule has 0 saturated heterocycles. The van der Waals surface area contributed by atoms with Gasteiger partial charge in [-0.3, -0.25) is 9.59 Å². The Balaban J connectivity index is 0. The molecule has 0 aliphatic heterocycles. The van der Waals surface area contributed by atoms with Crippen molar-refractivity contribution in [3.63, 3.8) is 0 Å². The maximum Gasteiger partial charge on any atom is 0.303 e. The van der Waals surface area contributed by atoms with Crippen LogP contribution in [0.4, 0.5) is 0 Å². The van der Waals surface area contributed by atoms with E-state index in [2.05, 4.69) is 11.8 Å². The monoisotopic (exact) mass is 196 g/mol. The number of aliphatic carboxylic acids is 2. The van der Waals surface area contributed by atoms with Gasteiger partial charge in [-0.1, -0.05) is 0 Å². The van der Waals surface area contributed by atoms with Crippen LogP contribution in [-0.4, -0.2) is 22.2 Å². The first-order chi connectivity index (χ1) is 6.54. The number of rotatable bonds is 4. The van der Waals surface area contributed by atoms with E-state index in [1.807, 2.05) is 0 Å². The molecule has 0 radical (unpaired) electrons. The Hall–Kier alpha value is -1.94. The Labute approximate surface area is 82.9 Å². The maximum atomic E-state index is 9.64. The van der Waals surface area contributed by atoms with Crippen LogP contribution in [0, 0.1) is 24.7 Å². The Morgan fingerprint density at radius 2 is 1.21 bits per heavy atom. The average molecular weight is 196 g/mol. The second-order valence-electron chi connectivity index (χ2n) is 2.20. The van der Waals surface area contributed by atoms with Gasteiger partial charge in [0, 0.05) is 12.8 Å². The van der Waals surface area contributed by atoms with Gasteiger partial charge in [-0.25, -0.2) is 0 Å². The highest BCUT2D eigenvalue weighted by molar-refractivity contribution is 5.75. The fourth-order valence-electron chi connectivity index (χ4n) is 0.358. The maximum absolute atomic E-state index is 9.64. The molecule has 0 aromatic heterocycles. The molecule has 14 heavy (non-hydrogen) atoms. The second kappa shape index (κ2) is 11.1. The van der Waals surface area contributed by atoms with Crippen molar-refractivity contribution in [1.29, 1.82) is 0 Å². The summed E-state index contributed by atoms with van der Waals surface area (Å²) >= 11 is 0. The molecule has 4 nitrogen and oxygen atoms in total. The molecule has 0 saturated carbocycles. The minimum Gasteiger partial charge on any atom is -0.481 e. The molecule has 0 amide bonds. The average Bonchev–Trinajstić information content (AvgIpc) is 2.12. The van der Waals surface area contributed by atoms with E-state index in [0.29, 0.717) is 12.8 Å². The van der Waals surface area contributed by atoms with Crippen molar-refractivity contribution in [3.8, 4) is 24.7 Å². The quantitative estimate of drug-likeness (QED) is 0.519. The lowest BCUT2D eigenvalue weighted by atomic mass is 10.3. The van der Waals surface area contributed by atoms with Crippen molar-refractivity contribution in [2.24, 2.45) is 0 Å². The minimum atomic E-state index is -1.08. The molecule has 2 N–H and O–H groups in total. The summed E-state index contributed by atoms with van der Waals surface area (Å²) in [5, 5.41) is 15.8. The lowest BCUT2D eigenvalue weighted by Crippen LogP contribution is -2.00. The van der Waals surface area contributed by atoms with Crippen LogP contribution in [-0.2, 0) is 9.59 Å². The van der Waals surface area contributed by atoms with Gasteiger partial charge < -0.3 is 10.2 Å². The van der Waals surface area contributed by atoms with E-state index in [9.17, 15) is 9.59 Å². The minimum absolute atomic E-state index is 0.296. The molecule has 4 heteroatoms. The molecule has 0 fully saturated rings. The van der Waals surface area contributed by atoms with Crippen LogP contribution in [0.25, 0.3) is 0 Å². The van der Waals surface area contributed by atoms with Gasteiger partial charge in [0.05, 0.1) is 12.8 Å². The molecule has 0 atom stereocenters. The highest BCUT2D eigenvalue weighted by Crippen LogP contribution is 1.86. The van der Waals surface area contributed by atoms with Crippen molar-refractivity contribution in [2.75, 3.05) is 0 Å². The third-order valence-electron chi connectivity index (χ3n) is 0.966. The molecule has 0 heterocycles. The van der Waals surface area contributed by atoms with Gasteiger partial charge in [-0.15, -0.1) is 24.7 Å². The molecule has 0 unspecified atom stereocenters. The van der Waals surface area contributed by atoms with Gasteiger partial charge >= 0.3 is 11.9 Å². The van der Waals surface area contributed by atoms with Gasteiger partial charge in [0.25, 0.3) is 0 Å². The Morgan fingerprint density at radius 3 is 1.36 bits per heavy atom. The first-order valence-electron chi connectivity index (χ1n) is 3.85. The summed E-state index contributed by atoms with van der Waals surface area (Å²) in [6.45, 7) is 0. The van der Waals surface area contributed by atoms with E-state index in [1.54, 1.807) is 0 Å². The van der Waals surface area contributed by atoms with Gasteiger partial charge in [0.15, 0.2) is 0 Å². The lowest BCUT2D eigenvalue weighted by molar-refractivity contribution is -0.143. The smallest absolute Gasteiger partial charge is 0.303 e. The van der Waals surface area contributed by atoms with Crippen LogP contribution in [0.2, 0.25) is 0 Å². The van der Waals surface area contributed by atoms with E-state index in [1.165, 1.54) is 0 Å². The van der Waals surface area contributed by atoms with Crippen molar-refractivity contribution in [3.05, 3.63) is 0 Å². The van der Waals surface area contributed by atoms with Crippen LogP contribution >= 0.6 is 0 Å². The summed E-state index contributed by atoms with van der Waals surface area (Å²) in [5.74, 6) is 2.70. The summed E-state index contributed by atoms with van der Waals surface area (Å²) in [6, 6.07) is 0. The predicted molar refractivity (Wildman–Crippen MR) is 51.4 cm³/mol. The van der Waals surface area contributed by atoms with Crippen molar-refractivity contribution < 1.29 is 19.8 Å². The Morgan fingerprint density at radius 1 is 0.929 bits per heavy atom. The summed E-state index contributed by atoms with van der Waals surface area (Å²) in [6.07, 6.45) is 10.6. The number of carbonyl (C=O) groups is 2. The molecule has 0 spiro atoms. The normalized spacial score (nSPS) is 7.29. The zero-order valence-electron chi connectivity index (χ0n) is 7.69. The fourth-order valence-corrected chi connectivity index (χ4v) is 0.358. The summed E-state index contributed by atoms with van der Waals surface area (Å²) in [4.78, 5) is 19.3. The van der Waals surface area contributed by atoms with E-state index >= 15 is 0 Å². The molecule has 0 aliphatic rings. The Kier molecular flexibility index (Phi) is 11.5. The number of carboxylic acids is 2. The molecule has 0 rings (SSSR count). The van der Waals surface area contributed by atoms with Crippen LogP contribution < -0.4 is 0 Å². The molecule has 0 aliphatic carbocycles. The highest BCUT2D eigenvalue weighted by atomic mass is 16.4.